The maximum atomic E-state index is 4.42. The van der Waals surface area contributed by atoms with E-state index in [1.165, 1.54) is 25.0 Å². The molecule has 1 aliphatic rings. The molecule has 2 atom stereocenters. The smallest absolute Gasteiger partial charge is 0.0950 e. The van der Waals surface area contributed by atoms with Crippen molar-refractivity contribution in [1.29, 1.82) is 0 Å². The van der Waals surface area contributed by atoms with E-state index in [-0.39, 0.29) is 5.41 Å². The third kappa shape index (κ3) is 2.33. The van der Waals surface area contributed by atoms with E-state index in [1.54, 1.807) is 0 Å². The molecule has 0 saturated carbocycles. The number of hydrogen-bond donors (Lipinski definition) is 1. The molecule has 1 aromatic rings. The quantitative estimate of drug-likeness (QED) is 0.869. The highest BCUT2D eigenvalue weighted by atomic mass is 15.1. The van der Waals surface area contributed by atoms with Crippen LogP contribution in [-0.2, 0) is 5.41 Å². The summed E-state index contributed by atoms with van der Waals surface area (Å²) in [6.45, 7) is 11.5. The van der Waals surface area contributed by atoms with Crippen LogP contribution in [0.2, 0.25) is 0 Å². The standard InChI is InChI=1S/C15H27N3/c1-5-13(6-2)12(3)18-11-17-9-14(18)15(4)7-8-16-10-15/h9,11-13,16H,5-8,10H2,1-4H3. The summed E-state index contributed by atoms with van der Waals surface area (Å²) in [5.74, 6) is 0.746. The van der Waals surface area contributed by atoms with Crippen molar-refractivity contribution in [3.8, 4) is 0 Å². The van der Waals surface area contributed by atoms with Gasteiger partial charge in [0.15, 0.2) is 0 Å². The van der Waals surface area contributed by atoms with Crippen molar-refractivity contribution < 1.29 is 0 Å². The zero-order chi connectivity index (χ0) is 13.2. The highest BCUT2D eigenvalue weighted by Gasteiger charge is 2.34. The maximum absolute atomic E-state index is 4.42. The van der Waals surface area contributed by atoms with Gasteiger partial charge in [0, 0.05) is 29.9 Å². The molecule has 102 valence electrons. The minimum Gasteiger partial charge on any atom is -0.331 e. The number of aromatic nitrogens is 2. The van der Waals surface area contributed by atoms with Gasteiger partial charge >= 0.3 is 0 Å². The summed E-state index contributed by atoms with van der Waals surface area (Å²) in [7, 11) is 0. The first kappa shape index (κ1) is 13.6. The Labute approximate surface area is 111 Å². The van der Waals surface area contributed by atoms with Crippen LogP contribution in [0.3, 0.4) is 0 Å². The zero-order valence-electron chi connectivity index (χ0n) is 12.2. The third-order valence-corrected chi connectivity index (χ3v) is 4.82. The number of nitrogens with zero attached hydrogens (tertiary/aromatic N) is 2. The third-order valence-electron chi connectivity index (χ3n) is 4.82. The lowest BCUT2D eigenvalue weighted by Gasteiger charge is -2.30. The fourth-order valence-electron chi connectivity index (χ4n) is 3.33. The Morgan fingerprint density at radius 3 is 2.72 bits per heavy atom. The van der Waals surface area contributed by atoms with Crippen molar-refractivity contribution >= 4 is 0 Å². The van der Waals surface area contributed by atoms with Crippen molar-refractivity contribution in [1.82, 2.24) is 14.9 Å². The van der Waals surface area contributed by atoms with Crippen molar-refractivity contribution in [2.24, 2.45) is 5.92 Å². The highest BCUT2D eigenvalue weighted by Crippen LogP contribution is 2.34. The maximum Gasteiger partial charge on any atom is 0.0950 e. The van der Waals surface area contributed by atoms with Crippen LogP contribution in [-0.4, -0.2) is 22.6 Å². The lowest BCUT2D eigenvalue weighted by atomic mass is 9.85. The molecule has 0 spiro atoms. The van der Waals surface area contributed by atoms with Gasteiger partial charge in [0.25, 0.3) is 0 Å². The molecule has 1 aromatic heterocycles. The molecule has 1 fully saturated rings. The normalized spacial score (nSPS) is 25.8. The van der Waals surface area contributed by atoms with Crippen LogP contribution >= 0.6 is 0 Å². The van der Waals surface area contributed by atoms with Gasteiger partial charge in [0.1, 0.15) is 0 Å². The Balaban J connectivity index is 2.27. The summed E-state index contributed by atoms with van der Waals surface area (Å²) >= 11 is 0. The van der Waals surface area contributed by atoms with Crippen LogP contribution < -0.4 is 5.32 Å². The van der Waals surface area contributed by atoms with Gasteiger partial charge in [-0.25, -0.2) is 4.98 Å². The molecule has 1 aliphatic heterocycles. The van der Waals surface area contributed by atoms with Gasteiger partial charge in [-0.2, -0.15) is 0 Å². The molecule has 0 aliphatic carbocycles. The second kappa shape index (κ2) is 5.43. The Kier molecular flexibility index (Phi) is 4.10. The van der Waals surface area contributed by atoms with Crippen LogP contribution in [0, 0.1) is 5.92 Å². The molecule has 0 radical (unpaired) electrons. The van der Waals surface area contributed by atoms with Crippen LogP contribution in [0.5, 0.6) is 0 Å². The fraction of sp³-hybridized carbons (Fsp3) is 0.800. The average molecular weight is 249 g/mol. The lowest BCUT2D eigenvalue weighted by Crippen LogP contribution is -2.30. The monoisotopic (exact) mass is 249 g/mol. The van der Waals surface area contributed by atoms with Crippen LogP contribution in [0.4, 0.5) is 0 Å². The van der Waals surface area contributed by atoms with E-state index in [0.717, 1.165) is 19.0 Å². The molecule has 0 aromatic carbocycles. The van der Waals surface area contributed by atoms with Gasteiger partial charge in [-0.15, -0.1) is 0 Å². The van der Waals surface area contributed by atoms with Crippen molar-refractivity contribution in [3.63, 3.8) is 0 Å². The Bertz CT molecular complexity index is 373. The first-order valence-electron chi connectivity index (χ1n) is 7.35. The first-order chi connectivity index (χ1) is 8.62. The summed E-state index contributed by atoms with van der Waals surface area (Å²) in [5.41, 5.74) is 1.67. The van der Waals surface area contributed by atoms with E-state index in [9.17, 15) is 0 Å². The summed E-state index contributed by atoms with van der Waals surface area (Å²) in [5, 5.41) is 3.48. The summed E-state index contributed by atoms with van der Waals surface area (Å²) in [4.78, 5) is 4.42. The number of rotatable bonds is 5. The van der Waals surface area contributed by atoms with Gasteiger partial charge in [-0.05, 0) is 25.8 Å². The predicted molar refractivity (Wildman–Crippen MR) is 75.8 cm³/mol. The summed E-state index contributed by atoms with van der Waals surface area (Å²) in [6, 6.07) is 0.551. The van der Waals surface area contributed by atoms with Crippen LogP contribution in [0.15, 0.2) is 12.5 Å². The van der Waals surface area contributed by atoms with Gasteiger partial charge in [-0.3, -0.25) is 0 Å². The molecular formula is C15H27N3. The number of hydrogen-bond acceptors (Lipinski definition) is 2. The van der Waals surface area contributed by atoms with E-state index in [0.29, 0.717) is 6.04 Å². The van der Waals surface area contributed by atoms with E-state index >= 15 is 0 Å². The molecular weight excluding hydrogens is 222 g/mol. The lowest BCUT2D eigenvalue weighted by molar-refractivity contribution is 0.313. The van der Waals surface area contributed by atoms with Gasteiger partial charge in [0.05, 0.1) is 6.33 Å². The summed E-state index contributed by atoms with van der Waals surface area (Å²) in [6.07, 6.45) is 7.80. The topological polar surface area (TPSA) is 29.9 Å². The minimum atomic E-state index is 0.261. The summed E-state index contributed by atoms with van der Waals surface area (Å²) < 4.78 is 2.42. The molecule has 3 heteroatoms. The van der Waals surface area contributed by atoms with E-state index < -0.39 is 0 Å². The second-order valence-electron chi connectivity index (χ2n) is 5.99. The molecule has 18 heavy (non-hydrogen) atoms. The average Bonchev–Trinajstić information content (AvgIpc) is 2.99. The van der Waals surface area contributed by atoms with Crippen molar-refractivity contribution in [2.45, 2.75) is 58.4 Å². The highest BCUT2D eigenvalue weighted by molar-refractivity contribution is 5.18. The van der Waals surface area contributed by atoms with E-state index in [1.807, 2.05) is 6.33 Å². The fourth-order valence-corrected chi connectivity index (χ4v) is 3.33. The Morgan fingerprint density at radius 1 is 1.44 bits per heavy atom. The molecule has 1 N–H and O–H groups in total. The van der Waals surface area contributed by atoms with Crippen molar-refractivity contribution in [3.05, 3.63) is 18.2 Å². The molecule has 1 saturated heterocycles. The zero-order valence-corrected chi connectivity index (χ0v) is 12.2. The van der Waals surface area contributed by atoms with E-state index in [2.05, 4.69) is 48.8 Å². The molecule has 0 bridgehead atoms. The molecule has 3 nitrogen and oxygen atoms in total. The van der Waals surface area contributed by atoms with Crippen LogP contribution in [0.25, 0.3) is 0 Å². The van der Waals surface area contributed by atoms with Gasteiger partial charge in [-0.1, -0.05) is 33.6 Å². The molecule has 2 unspecified atom stereocenters. The van der Waals surface area contributed by atoms with Crippen molar-refractivity contribution in [2.75, 3.05) is 13.1 Å². The first-order valence-corrected chi connectivity index (χ1v) is 7.35. The SMILES string of the molecule is CCC(CC)C(C)n1cncc1C1(C)CCNC1. The van der Waals surface area contributed by atoms with E-state index in [4.69, 9.17) is 0 Å². The Hall–Kier alpha value is -0.830. The number of nitrogens with one attached hydrogen (secondary N) is 1. The minimum absolute atomic E-state index is 0.261. The molecule has 2 rings (SSSR count). The second-order valence-corrected chi connectivity index (χ2v) is 5.99. The Morgan fingerprint density at radius 2 is 2.17 bits per heavy atom. The molecule has 0 amide bonds. The van der Waals surface area contributed by atoms with Gasteiger partial charge in [0.2, 0.25) is 0 Å². The largest absolute Gasteiger partial charge is 0.331 e. The predicted octanol–water partition coefficient (Wildman–Crippen LogP) is 3.13. The molecule has 2 heterocycles. The van der Waals surface area contributed by atoms with Crippen LogP contribution in [0.1, 0.15) is 58.7 Å². The van der Waals surface area contributed by atoms with Gasteiger partial charge < -0.3 is 9.88 Å². The number of imidazole rings is 1.